The third kappa shape index (κ3) is 4.58. The number of hydrogen-bond donors (Lipinski definition) is 1. The molecule has 2 aromatic carbocycles. The highest BCUT2D eigenvalue weighted by atomic mass is 35.5. The van der Waals surface area contributed by atoms with Crippen LogP contribution in [0.5, 0.6) is 11.5 Å². The van der Waals surface area contributed by atoms with Gasteiger partial charge in [-0.3, -0.25) is 9.00 Å². The molecule has 21 heavy (non-hydrogen) atoms. The molecule has 0 bridgehead atoms. The number of halogens is 1. The molecule has 4 nitrogen and oxygen atoms in total. The predicted molar refractivity (Wildman–Crippen MR) is 83.9 cm³/mol. The Bertz CT molecular complexity index is 675. The van der Waals surface area contributed by atoms with Gasteiger partial charge >= 0.3 is 0 Å². The van der Waals surface area contributed by atoms with E-state index >= 15 is 0 Å². The van der Waals surface area contributed by atoms with E-state index in [1.807, 2.05) is 24.3 Å². The second-order valence-electron chi connectivity index (χ2n) is 4.34. The van der Waals surface area contributed by atoms with Crippen LogP contribution >= 0.6 is 11.6 Å². The minimum absolute atomic E-state index is 0.166. The summed E-state index contributed by atoms with van der Waals surface area (Å²) in [6, 6.07) is 14.3. The van der Waals surface area contributed by atoms with Crippen molar-refractivity contribution < 1.29 is 13.7 Å². The fourth-order valence-corrected chi connectivity index (χ4v) is 2.93. The van der Waals surface area contributed by atoms with Crippen molar-refractivity contribution in [2.24, 2.45) is 5.73 Å². The first-order valence-corrected chi connectivity index (χ1v) is 8.06. The number of nitrogens with two attached hydrogens (primary N) is 1. The minimum atomic E-state index is -1.36. The van der Waals surface area contributed by atoms with Gasteiger partial charge in [-0.15, -0.1) is 0 Å². The molecular formula is C15H14ClNO3S. The highest BCUT2D eigenvalue weighted by Crippen LogP contribution is 2.31. The van der Waals surface area contributed by atoms with Crippen LogP contribution in [0.1, 0.15) is 5.56 Å². The van der Waals surface area contributed by atoms with Crippen LogP contribution in [0.4, 0.5) is 0 Å². The van der Waals surface area contributed by atoms with Crippen molar-refractivity contribution >= 4 is 28.3 Å². The standard InChI is InChI=1S/C15H14ClNO3S/c16-12-6-2-4-8-14(12)20-13-7-3-1-5-11(13)9-21(19)10-15(17)18/h1-8H,9-10H2,(H2,17,18). The number of para-hydroxylation sites is 2. The first-order chi connectivity index (χ1) is 10.1. The molecule has 2 rings (SSSR count). The van der Waals surface area contributed by atoms with E-state index in [9.17, 15) is 9.00 Å². The van der Waals surface area contributed by atoms with E-state index in [1.54, 1.807) is 24.3 Å². The number of benzene rings is 2. The SMILES string of the molecule is NC(=O)CS(=O)Cc1ccccc1Oc1ccccc1Cl. The Morgan fingerprint density at radius 1 is 1.10 bits per heavy atom. The van der Waals surface area contributed by atoms with Crippen molar-refractivity contribution in [1.82, 2.24) is 0 Å². The summed E-state index contributed by atoms with van der Waals surface area (Å²) in [5.41, 5.74) is 5.78. The monoisotopic (exact) mass is 323 g/mol. The second kappa shape index (κ2) is 7.24. The van der Waals surface area contributed by atoms with Crippen LogP contribution in [0.25, 0.3) is 0 Å². The third-order valence-electron chi connectivity index (χ3n) is 2.65. The Hall–Kier alpha value is -1.85. The van der Waals surface area contributed by atoms with Gasteiger partial charge in [-0.25, -0.2) is 0 Å². The van der Waals surface area contributed by atoms with Gasteiger partial charge in [0.2, 0.25) is 5.91 Å². The van der Waals surface area contributed by atoms with Crippen LogP contribution in [0.15, 0.2) is 48.5 Å². The van der Waals surface area contributed by atoms with Gasteiger partial charge in [-0.2, -0.15) is 0 Å². The number of amides is 1. The van der Waals surface area contributed by atoms with Crippen LogP contribution in [-0.2, 0) is 21.3 Å². The highest BCUT2D eigenvalue weighted by molar-refractivity contribution is 7.84. The summed E-state index contributed by atoms with van der Waals surface area (Å²) in [6.07, 6.45) is 0. The molecule has 0 heterocycles. The van der Waals surface area contributed by atoms with Gasteiger partial charge in [0.25, 0.3) is 0 Å². The zero-order valence-electron chi connectivity index (χ0n) is 11.1. The third-order valence-corrected chi connectivity index (χ3v) is 4.20. The Morgan fingerprint density at radius 3 is 2.38 bits per heavy atom. The minimum Gasteiger partial charge on any atom is -0.455 e. The molecule has 0 spiro atoms. The van der Waals surface area contributed by atoms with Crippen LogP contribution in [0.3, 0.4) is 0 Å². The summed E-state index contributed by atoms with van der Waals surface area (Å²) in [4.78, 5) is 10.8. The average molecular weight is 324 g/mol. The number of primary amides is 1. The van der Waals surface area contributed by atoms with Gasteiger partial charge in [-0.1, -0.05) is 41.9 Å². The molecule has 1 unspecified atom stereocenters. The molecule has 0 aliphatic carbocycles. The molecule has 0 aliphatic heterocycles. The van der Waals surface area contributed by atoms with Crippen molar-refractivity contribution in [3.8, 4) is 11.5 Å². The maximum Gasteiger partial charge on any atom is 0.230 e. The van der Waals surface area contributed by atoms with E-state index in [0.29, 0.717) is 16.5 Å². The summed E-state index contributed by atoms with van der Waals surface area (Å²) < 4.78 is 17.6. The Labute approximate surface area is 130 Å². The Morgan fingerprint density at radius 2 is 1.71 bits per heavy atom. The molecule has 2 N–H and O–H groups in total. The largest absolute Gasteiger partial charge is 0.455 e. The number of hydrogen-bond acceptors (Lipinski definition) is 3. The Kier molecular flexibility index (Phi) is 5.36. The molecule has 0 saturated carbocycles. The second-order valence-corrected chi connectivity index (χ2v) is 6.20. The molecule has 1 amide bonds. The van der Waals surface area contributed by atoms with Gasteiger partial charge < -0.3 is 10.5 Å². The van der Waals surface area contributed by atoms with Crippen molar-refractivity contribution in [3.05, 3.63) is 59.1 Å². The zero-order valence-corrected chi connectivity index (χ0v) is 12.7. The molecule has 0 aromatic heterocycles. The topological polar surface area (TPSA) is 69.4 Å². The van der Waals surface area contributed by atoms with Gasteiger partial charge in [0.1, 0.15) is 17.3 Å². The molecule has 1 atom stereocenters. The van der Waals surface area contributed by atoms with E-state index in [0.717, 1.165) is 5.56 Å². The average Bonchev–Trinajstić information content (AvgIpc) is 2.42. The van der Waals surface area contributed by atoms with Gasteiger partial charge in [0, 0.05) is 16.4 Å². The number of rotatable bonds is 6. The fourth-order valence-electron chi connectivity index (χ4n) is 1.75. The number of ether oxygens (including phenoxy) is 1. The summed E-state index contributed by atoms with van der Waals surface area (Å²) in [7, 11) is -1.36. The molecular weight excluding hydrogens is 310 g/mol. The maximum atomic E-state index is 11.8. The van der Waals surface area contributed by atoms with Gasteiger partial charge in [0.15, 0.2) is 0 Å². The zero-order chi connectivity index (χ0) is 15.2. The normalized spacial score (nSPS) is 11.9. The number of carbonyl (C=O) groups excluding carboxylic acids is 1. The first-order valence-electron chi connectivity index (χ1n) is 6.20. The van der Waals surface area contributed by atoms with E-state index < -0.39 is 16.7 Å². The highest BCUT2D eigenvalue weighted by Gasteiger charge is 2.11. The first kappa shape index (κ1) is 15.5. The van der Waals surface area contributed by atoms with Crippen LogP contribution in [-0.4, -0.2) is 15.9 Å². The van der Waals surface area contributed by atoms with Crippen molar-refractivity contribution in [2.45, 2.75) is 5.75 Å². The lowest BCUT2D eigenvalue weighted by Crippen LogP contribution is -2.20. The van der Waals surface area contributed by atoms with Crippen LogP contribution in [0, 0.1) is 0 Å². The predicted octanol–water partition coefficient (Wildman–Crippen LogP) is 2.87. The van der Waals surface area contributed by atoms with E-state index in [4.69, 9.17) is 22.1 Å². The van der Waals surface area contributed by atoms with Crippen LogP contribution in [0.2, 0.25) is 5.02 Å². The summed E-state index contributed by atoms with van der Waals surface area (Å²) in [5.74, 6) is 0.526. The molecule has 2 aromatic rings. The molecule has 0 fully saturated rings. The molecule has 0 aliphatic rings. The summed E-state index contributed by atoms with van der Waals surface area (Å²) in [5, 5.41) is 0.491. The van der Waals surface area contributed by atoms with E-state index in [-0.39, 0.29) is 11.5 Å². The molecule has 110 valence electrons. The van der Waals surface area contributed by atoms with Crippen LogP contribution < -0.4 is 10.5 Å². The van der Waals surface area contributed by atoms with Gasteiger partial charge in [0.05, 0.1) is 10.8 Å². The lowest BCUT2D eigenvalue weighted by molar-refractivity contribution is -0.115. The lowest BCUT2D eigenvalue weighted by atomic mass is 10.2. The number of carbonyl (C=O) groups is 1. The Balaban J connectivity index is 2.19. The molecule has 6 heteroatoms. The fraction of sp³-hybridized carbons (Fsp3) is 0.133. The van der Waals surface area contributed by atoms with E-state index in [2.05, 4.69) is 0 Å². The van der Waals surface area contributed by atoms with Crippen molar-refractivity contribution in [3.63, 3.8) is 0 Å². The lowest BCUT2D eigenvalue weighted by Gasteiger charge is -2.11. The smallest absolute Gasteiger partial charge is 0.230 e. The quantitative estimate of drug-likeness (QED) is 0.888. The summed E-state index contributed by atoms with van der Waals surface area (Å²) >= 11 is 6.05. The maximum absolute atomic E-state index is 11.8. The summed E-state index contributed by atoms with van der Waals surface area (Å²) in [6.45, 7) is 0. The van der Waals surface area contributed by atoms with Crippen molar-refractivity contribution in [1.29, 1.82) is 0 Å². The molecule has 0 saturated heterocycles. The van der Waals surface area contributed by atoms with Crippen molar-refractivity contribution in [2.75, 3.05) is 5.75 Å². The van der Waals surface area contributed by atoms with E-state index in [1.165, 1.54) is 0 Å². The van der Waals surface area contributed by atoms with Gasteiger partial charge in [-0.05, 0) is 18.2 Å². The molecule has 0 radical (unpaired) electrons.